The van der Waals surface area contributed by atoms with Crippen LogP contribution >= 0.6 is 11.8 Å². The Morgan fingerprint density at radius 1 is 1.50 bits per heavy atom. The zero-order valence-electron chi connectivity index (χ0n) is 11.1. The maximum absolute atomic E-state index is 13.3. The number of amides is 1. The lowest BCUT2D eigenvalue weighted by molar-refractivity contribution is -0.149. The Hall–Kier alpha value is -1.56. The van der Waals surface area contributed by atoms with E-state index < -0.39 is 17.4 Å². The molecule has 2 rings (SSSR count). The summed E-state index contributed by atoms with van der Waals surface area (Å²) in [4.78, 5) is 24.8. The summed E-state index contributed by atoms with van der Waals surface area (Å²) in [5, 5.41) is 8.81. The van der Waals surface area contributed by atoms with Crippen LogP contribution < -0.4 is 0 Å². The van der Waals surface area contributed by atoms with E-state index in [0.29, 0.717) is 24.2 Å². The molecule has 0 unspecified atom stereocenters. The molecule has 1 saturated heterocycles. The number of aliphatic carboxylic acids is 1. The fourth-order valence-electron chi connectivity index (χ4n) is 2.26. The summed E-state index contributed by atoms with van der Waals surface area (Å²) in [5.41, 5.74) is 0.628. The Morgan fingerprint density at radius 2 is 2.25 bits per heavy atom. The Bertz CT molecular complexity index is 523. The Labute approximate surface area is 121 Å². The minimum Gasteiger partial charge on any atom is -0.480 e. The first-order valence-corrected chi connectivity index (χ1v) is 7.50. The lowest BCUT2D eigenvalue weighted by Crippen LogP contribution is -2.42. The molecule has 1 amide bonds. The van der Waals surface area contributed by atoms with Gasteiger partial charge < -0.3 is 10.0 Å². The largest absolute Gasteiger partial charge is 0.480 e. The summed E-state index contributed by atoms with van der Waals surface area (Å²) < 4.78 is 13.3. The van der Waals surface area contributed by atoms with Gasteiger partial charge in [-0.05, 0) is 24.1 Å². The van der Waals surface area contributed by atoms with Gasteiger partial charge in [-0.25, -0.2) is 9.18 Å². The van der Waals surface area contributed by atoms with E-state index in [4.69, 9.17) is 0 Å². The first kappa shape index (κ1) is 14.8. The number of hydrogen-bond donors (Lipinski definition) is 1. The van der Waals surface area contributed by atoms with Crippen LogP contribution in [0.25, 0.3) is 0 Å². The SMILES string of the molecule is CCCC(=O)N1[C@H](C(=O)O)CS[C@H]1c1cccc(F)c1. The zero-order valence-corrected chi connectivity index (χ0v) is 11.9. The molecule has 0 aromatic heterocycles. The summed E-state index contributed by atoms with van der Waals surface area (Å²) in [6, 6.07) is 5.13. The van der Waals surface area contributed by atoms with Crippen LogP contribution in [0.3, 0.4) is 0 Å². The van der Waals surface area contributed by atoms with E-state index >= 15 is 0 Å². The third-order valence-electron chi connectivity index (χ3n) is 3.17. The first-order chi connectivity index (χ1) is 9.54. The molecule has 2 atom stereocenters. The lowest BCUT2D eigenvalue weighted by Gasteiger charge is -2.27. The van der Waals surface area contributed by atoms with Gasteiger partial charge in [-0.15, -0.1) is 11.8 Å². The maximum atomic E-state index is 13.3. The normalized spacial score (nSPS) is 22.0. The molecular formula is C14H16FNO3S. The average molecular weight is 297 g/mol. The fourth-order valence-corrected chi connectivity index (χ4v) is 3.69. The molecule has 1 heterocycles. The molecule has 1 aromatic rings. The zero-order chi connectivity index (χ0) is 14.7. The number of halogens is 1. The summed E-state index contributed by atoms with van der Waals surface area (Å²) in [5.74, 6) is -1.27. The van der Waals surface area contributed by atoms with E-state index in [9.17, 15) is 19.1 Å². The van der Waals surface area contributed by atoms with Gasteiger partial charge in [-0.3, -0.25) is 4.79 Å². The van der Waals surface area contributed by atoms with E-state index in [1.165, 1.54) is 28.8 Å². The highest BCUT2D eigenvalue weighted by Crippen LogP contribution is 2.41. The van der Waals surface area contributed by atoms with Gasteiger partial charge in [0.05, 0.1) is 0 Å². The molecular weight excluding hydrogens is 281 g/mol. The van der Waals surface area contributed by atoms with E-state index in [0.717, 1.165) is 0 Å². The van der Waals surface area contributed by atoms with Gasteiger partial charge in [0.1, 0.15) is 17.2 Å². The molecule has 1 N–H and O–H groups in total. The highest BCUT2D eigenvalue weighted by molar-refractivity contribution is 7.99. The quantitative estimate of drug-likeness (QED) is 0.928. The molecule has 0 bridgehead atoms. The first-order valence-electron chi connectivity index (χ1n) is 6.45. The van der Waals surface area contributed by atoms with Crippen LogP contribution in [-0.4, -0.2) is 33.7 Å². The number of carboxylic acid groups (broad SMARTS) is 1. The number of benzene rings is 1. The van der Waals surface area contributed by atoms with Gasteiger partial charge in [-0.2, -0.15) is 0 Å². The number of carbonyl (C=O) groups is 2. The maximum Gasteiger partial charge on any atom is 0.327 e. The Kier molecular flexibility index (Phi) is 4.65. The van der Waals surface area contributed by atoms with Gasteiger partial charge in [-0.1, -0.05) is 19.1 Å². The van der Waals surface area contributed by atoms with Crippen molar-refractivity contribution in [1.82, 2.24) is 4.90 Å². The molecule has 1 fully saturated rings. The summed E-state index contributed by atoms with van der Waals surface area (Å²) >= 11 is 1.36. The molecule has 20 heavy (non-hydrogen) atoms. The Morgan fingerprint density at radius 3 is 2.85 bits per heavy atom. The second-order valence-electron chi connectivity index (χ2n) is 4.65. The molecule has 0 radical (unpaired) electrons. The minimum absolute atomic E-state index is 0.195. The number of thioether (sulfide) groups is 1. The van der Waals surface area contributed by atoms with Crippen LogP contribution in [-0.2, 0) is 9.59 Å². The van der Waals surface area contributed by atoms with Crippen molar-refractivity contribution < 1.29 is 19.1 Å². The molecule has 0 spiro atoms. The smallest absolute Gasteiger partial charge is 0.327 e. The third-order valence-corrected chi connectivity index (χ3v) is 4.49. The highest BCUT2D eigenvalue weighted by Gasteiger charge is 2.41. The van der Waals surface area contributed by atoms with Crippen molar-refractivity contribution in [2.24, 2.45) is 0 Å². The molecule has 0 aliphatic carbocycles. The van der Waals surface area contributed by atoms with Crippen LogP contribution in [0.2, 0.25) is 0 Å². The molecule has 4 nitrogen and oxygen atoms in total. The monoisotopic (exact) mass is 297 g/mol. The lowest BCUT2D eigenvalue weighted by atomic mass is 10.1. The number of hydrogen-bond acceptors (Lipinski definition) is 3. The standard InChI is InChI=1S/C14H16FNO3S/c1-2-4-12(17)16-11(14(18)19)8-20-13(16)9-5-3-6-10(15)7-9/h3,5-7,11,13H,2,4,8H2,1H3,(H,18,19)/t11-,13-/m0/s1. The second kappa shape index (κ2) is 6.26. The van der Waals surface area contributed by atoms with E-state index in [1.54, 1.807) is 12.1 Å². The van der Waals surface area contributed by atoms with Crippen molar-refractivity contribution in [1.29, 1.82) is 0 Å². The number of carbonyl (C=O) groups excluding carboxylic acids is 1. The Balaban J connectivity index is 2.31. The van der Waals surface area contributed by atoms with Gasteiger partial charge in [0.2, 0.25) is 5.91 Å². The molecule has 1 aromatic carbocycles. The van der Waals surface area contributed by atoms with Crippen molar-refractivity contribution in [3.8, 4) is 0 Å². The summed E-state index contributed by atoms with van der Waals surface area (Å²) in [7, 11) is 0. The number of rotatable bonds is 4. The predicted molar refractivity (Wildman–Crippen MR) is 74.8 cm³/mol. The summed E-state index contributed by atoms with van der Waals surface area (Å²) in [6.45, 7) is 1.87. The van der Waals surface area contributed by atoms with Gasteiger partial charge in [0, 0.05) is 12.2 Å². The van der Waals surface area contributed by atoms with Crippen LogP contribution in [0.4, 0.5) is 4.39 Å². The minimum atomic E-state index is -1.01. The molecule has 1 aliphatic heterocycles. The van der Waals surface area contributed by atoms with Crippen molar-refractivity contribution >= 4 is 23.6 Å². The topological polar surface area (TPSA) is 57.6 Å². The van der Waals surface area contributed by atoms with Crippen LogP contribution in [0.1, 0.15) is 30.7 Å². The average Bonchev–Trinajstić information content (AvgIpc) is 2.83. The summed E-state index contributed by atoms with van der Waals surface area (Å²) in [6.07, 6.45) is 0.957. The van der Waals surface area contributed by atoms with Crippen LogP contribution in [0, 0.1) is 5.82 Å². The molecule has 0 saturated carbocycles. The second-order valence-corrected chi connectivity index (χ2v) is 5.76. The van der Waals surface area contributed by atoms with Gasteiger partial charge >= 0.3 is 5.97 Å². The van der Waals surface area contributed by atoms with Crippen molar-refractivity contribution in [3.05, 3.63) is 35.6 Å². The van der Waals surface area contributed by atoms with E-state index in [-0.39, 0.29) is 11.7 Å². The molecule has 1 aliphatic rings. The predicted octanol–water partition coefficient (Wildman–Crippen LogP) is 2.65. The van der Waals surface area contributed by atoms with Gasteiger partial charge in [0.25, 0.3) is 0 Å². The van der Waals surface area contributed by atoms with Crippen molar-refractivity contribution in [3.63, 3.8) is 0 Å². The molecule has 6 heteroatoms. The number of carboxylic acids is 1. The van der Waals surface area contributed by atoms with Crippen LogP contribution in [0.5, 0.6) is 0 Å². The van der Waals surface area contributed by atoms with E-state index in [2.05, 4.69) is 0 Å². The molecule has 108 valence electrons. The van der Waals surface area contributed by atoms with Gasteiger partial charge in [0.15, 0.2) is 0 Å². The highest BCUT2D eigenvalue weighted by atomic mass is 32.2. The number of nitrogens with zero attached hydrogens (tertiary/aromatic N) is 1. The van der Waals surface area contributed by atoms with Crippen molar-refractivity contribution in [2.45, 2.75) is 31.2 Å². The fraction of sp³-hybridized carbons (Fsp3) is 0.429. The third kappa shape index (κ3) is 2.95. The van der Waals surface area contributed by atoms with E-state index in [1.807, 2.05) is 6.92 Å². The van der Waals surface area contributed by atoms with Crippen LogP contribution in [0.15, 0.2) is 24.3 Å². The van der Waals surface area contributed by atoms with Crippen molar-refractivity contribution in [2.75, 3.05) is 5.75 Å².